The van der Waals surface area contributed by atoms with E-state index in [4.69, 9.17) is 9.47 Å². The first-order valence-electron chi connectivity index (χ1n) is 10.9. The smallest absolute Gasteiger partial charge is 0.232 e. The Balaban J connectivity index is 1.87. The van der Waals surface area contributed by atoms with E-state index in [9.17, 15) is 13.2 Å². The molecule has 0 unspecified atom stereocenters. The number of nitrogens with one attached hydrogen (secondary N) is 1. The highest BCUT2D eigenvalue weighted by Gasteiger charge is 2.22. The van der Waals surface area contributed by atoms with Gasteiger partial charge in [0.05, 0.1) is 25.6 Å². The van der Waals surface area contributed by atoms with Gasteiger partial charge in [-0.15, -0.1) is 0 Å². The topological polar surface area (TPSA) is 84.9 Å². The number of anilines is 1. The maximum absolute atomic E-state index is 12.5. The van der Waals surface area contributed by atoms with Gasteiger partial charge in [-0.05, 0) is 42.5 Å². The molecule has 0 saturated carbocycles. The van der Waals surface area contributed by atoms with Crippen molar-refractivity contribution in [2.75, 3.05) is 37.4 Å². The lowest BCUT2D eigenvalue weighted by atomic mass is 10.0. The summed E-state index contributed by atoms with van der Waals surface area (Å²) in [5.41, 5.74) is 2.75. The summed E-state index contributed by atoms with van der Waals surface area (Å²) in [6.07, 6.45) is 3.36. The van der Waals surface area contributed by atoms with Gasteiger partial charge in [0, 0.05) is 19.0 Å². The van der Waals surface area contributed by atoms with Crippen LogP contribution in [-0.4, -0.2) is 47.4 Å². The van der Waals surface area contributed by atoms with Crippen LogP contribution in [0.4, 0.5) is 5.69 Å². The van der Waals surface area contributed by atoms with Crippen LogP contribution < -0.4 is 19.1 Å². The van der Waals surface area contributed by atoms with Crippen molar-refractivity contribution in [1.82, 2.24) is 5.32 Å². The number of carbonyl (C=O) groups excluding carboxylic acids is 1. The van der Waals surface area contributed by atoms with Crippen molar-refractivity contribution in [2.45, 2.75) is 39.5 Å². The Hall–Kier alpha value is -2.74. The molecule has 0 aliphatic heterocycles. The monoisotopic (exact) mass is 462 g/mol. The van der Waals surface area contributed by atoms with Gasteiger partial charge in [-0.1, -0.05) is 38.1 Å². The van der Waals surface area contributed by atoms with Crippen LogP contribution in [0.2, 0.25) is 0 Å². The normalized spacial score (nSPS) is 11.1. The third-order valence-electron chi connectivity index (χ3n) is 5.11. The van der Waals surface area contributed by atoms with Crippen molar-refractivity contribution < 1.29 is 22.7 Å². The van der Waals surface area contributed by atoms with Crippen molar-refractivity contribution in [3.63, 3.8) is 0 Å². The number of carbonyl (C=O) groups is 1. The molecule has 0 spiro atoms. The van der Waals surface area contributed by atoms with Crippen molar-refractivity contribution >= 4 is 21.6 Å². The number of para-hydroxylation sites is 1. The second kappa shape index (κ2) is 12.3. The Labute approximate surface area is 191 Å². The van der Waals surface area contributed by atoms with Crippen LogP contribution in [0.5, 0.6) is 11.5 Å². The molecule has 1 amide bonds. The summed E-state index contributed by atoms with van der Waals surface area (Å²) in [7, 11) is -1.88. The lowest BCUT2D eigenvalue weighted by Crippen LogP contribution is -2.34. The summed E-state index contributed by atoms with van der Waals surface area (Å²) < 4.78 is 37.3. The van der Waals surface area contributed by atoms with Gasteiger partial charge >= 0.3 is 0 Å². The number of aryl methyl sites for hydroxylation is 2. The number of hydrogen-bond donors (Lipinski definition) is 1. The van der Waals surface area contributed by atoms with Gasteiger partial charge in [0.25, 0.3) is 0 Å². The molecule has 0 bridgehead atoms. The lowest BCUT2D eigenvalue weighted by Gasteiger charge is -2.27. The van der Waals surface area contributed by atoms with Crippen molar-refractivity contribution in [2.24, 2.45) is 0 Å². The molecule has 0 fully saturated rings. The summed E-state index contributed by atoms with van der Waals surface area (Å²) in [5.74, 6) is 1.24. The van der Waals surface area contributed by atoms with E-state index in [1.807, 2.05) is 50.2 Å². The van der Waals surface area contributed by atoms with E-state index in [0.717, 1.165) is 29.7 Å². The molecule has 32 heavy (non-hydrogen) atoms. The quantitative estimate of drug-likeness (QED) is 0.460. The zero-order valence-corrected chi connectivity index (χ0v) is 20.2. The molecule has 2 aromatic rings. The van der Waals surface area contributed by atoms with Crippen LogP contribution in [0.1, 0.15) is 37.8 Å². The fourth-order valence-corrected chi connectivity index (χ4v) is 4.53. The number of methoxy groups -OCH3 is 1. The maximum Gasteiger partial charge on any atom is 0.232 e. The first-order chi connectivity index (χ1) is 15.3. The zero-order chi connectivity index (χ0) is 23.6. The molecule has 2 aromatic carbocycles. The van der Waals surface area contributed by atoms with E-state index in [2.05, 4.69) is 5.32 Å². The molecule has 0 atom stereocenters. The minimum Gasteiger partial charge on any atom is -0.497 e. The van der Waals surface area contributed by atoms with E-state index in [1.54, 1.807) is 13.2 Å². The van der Waals surface area contributed by atoms with E-state index in [1.165, 1.54) is 10.6 Å². The molecule has 0 heterocycles. The Morgan fingerprint density at radius 1 is 1.03 bits per heavy atom. The molecule has 0 aromatic heterocycles. The number of benzene rings is 2. The second-order valence-corrected chi connectivity index (χ2v) is 9.35. The standard InChI is InChI=1S/C24H34N2O5S/c1-5-19-10-7-11-20(6-2)24(19)26(32(4,28)29)16-9-14-23(27)25-15-17-31-22-13-8-12-21(18-22)30-3/h7-8,10-13,18H,5-6,9,14-17H2,1-4H3,(H,25,27). The number of amides is 1. The molecule has 1 N–H and O–H groups in total. The van der Waals surface area contributed by atoms with Crippen LogP contribution in [0.25, 0.3) is 0 Å². The Morgan fingerprint density at radius 3 is 2.25 bits per heavy atom. The molecule has 0 aliphatic rings. The average molecular weight is 463 g/mol. The number of hydrogen-bond acceptors (Lipinski definition) is 5. The number of nitrogens with zero attached hydrogens (tertiary/aromatic N) is 1. The van der Waals surface area contributed by atoms with Crippen molar-refractivity contribution in [1.29, 1.82) is 0 Å². The van der Waals surface area contributed by atoms with Crippen molar-refractivity contribution in [3.8, 4) is 11.5 Å². The minimum absolute atomic E-state index is 0.132. The van der Waals surface area contributed by atoms with Crippen LogP contribution in [0.3, 0.4) is 0 Å². The molecule has 0 saturated heterocycles. The van der Waals surface area contributed by atoms with E-state index < -0.39 is 10.0 Å². The summed E-state index contributed by atoms with van der Waals surface area (Å²) in [6.45, 7) is 4.98. The molecule has 0 radical (unpaired) electrons. The molecular formula is C24H34N2O5S. The highest BCUT2D eigenvalue weighted by molar-refractivity contribution is 7.92. The van der Waals surface area contributed by atoms with Gasteiger partial charge < -0.3 is 14.8 Å². The summed E-state index contributed by atoms with van der Waals surface area (Å²) in [4.78, 5) is 12.2. The molecule has 2 rings (SSSR count). The number of rotatable bonds is 13. The van der Waals surface area contributed by atoms with Crippen LogP contribution in [-0.2, 0) is 27.7 Å². The SMILES string of the molecule is CCc1cccc(CC)c1N(CCCC(=O)NCCOc1cccc(OC)c1)S(C)(=O)=O. The number of ether oxygens (including phenoxy) is 2. The van der Waals surface area contributed by atoms with E-state index in [-0.39, 0.29) is 18.9 Å². The Kier molecular flexibility index (Phi) is 9.84. The Bertz CT molecular complexity index is 969. The third-order valence-corrected chi connectivity index (χ3v) is 6.28. The fourth-order valence-electron chi connectivity index (χ4n) is 3.50. The van der Waals surface area contributed by atoms with Gasteiger partial charge in [0.2, 0.25) is 15.9 Å². The first kappa shape index (κ1) is 25.5. The number of sulfonamides is 1. The average Bonchev–Trinajstić information content (AvgIpc) is 2.78. The maximum atomic E-state index is 12.5. The molecule has 176 valence electrons. The molecular weight excluding hydrogens is 428 g/mol. The van der Waals surface area contributed by atoms with Crippen molar-refractivity contribution in [3.05, 3.63) is 53.6 Å². The van der Waals surface area contributed by atoms with Gasteiger partial charge in [0.15, 0.2) is 0 Å². The van der Waals surface area contributed by atoms with Gasteiger partial charge in [-0.25, -0.2) is 8.42 Å². The second-order valence-electron chi connectivity index (χ2n) is 7.45. The van der Waals surface area contributed by atoms with Crippen LogP contribution in [0.15, 0.2) is 42.5 Å². The summed E-state index contributed by atoms with van der Waals surface area (Å²) in [5, 5.41) is 2.82. The van der Waals surface area contributed by atoms with Gasteiger partial charge in [-0.3, -0.25) is 9.10 Å². The van der Waals surface area contributed by atoms with Gasteiger partial charge in [0.1, 0.15) is 18.1 Å². The summed E-state index contributed by atoms with van der Waals surface area (Å²) in [6, 6.07) is 13.1. The minimum atomic E-state index is -3.47. The van der Waals surface area contributed by atoms with E-state index in [0.29, 0.717) is 31.1 Å². The predicted molar refractivity (Wildman–Crippen MR) is 128 cm³/mol. The van der Waals surface area contributed by atoms with Crippen LogP contribution >= 0.6 is 0 Å². The molecule has 0 aliphatic carbocycles. The van der Waals surface area contributed by atoms with Crippen LogP contribution in [0, 0.1) is 0 Å². The third kappa shape index (κ3) is 7.44. The fraction of sp³-hybridized carbons (Fsp3) is 0.458. The largest absolute Gasteiger partial charge is 0.497 e. The van der Waals surface area contributed by atoms with E-state index >= 15 is 0 Å². The highest BCUT2D eigenvalue weighted by Crippen LogP contribution is 2.29. The summed E-state index contributed by atoms with van der Waals surface area (Å²) >= 11 is 0. The predicted octanol–water partition coefficient (Wildman–Crippen LogP) is 3.56. The first-order valence-corrected chi connectivity index (χ1v) is 12.8. The van der Waals surface area contributed by atoms with Gasteiger partial charge in [-0.2, -0.15) is 0 Å². The molecule has 7 nitrogen and oxygen atoms in total. The highest BCUT2D eigenvalue weighted by atomic mass is 32.2. The Morgan fingerprint density at radius 2 is 1.66 bits per heavy atom. The lowest BCUT2D eigenvalue weighted by molar-refractivity contribution is -0.121. The molecule has 8 heteroatoms. The zero-order valence-electron chi connectivity index (χ0n) is 19.4.